The predicted octanol–water partition coefficient (Wildman–Crippen LogP) is 4.35. The number of rotatable bonds is 3. The maximum absolute atomic E-state index is 4.47. The number of nitrogens with one attached hydrogen (secondary N) is 1. The summed E-state index contributed by atoms with van der Waals surface area (Å²) in [5.41, 5.74) is 3.51. The van der Waals surface area contributed by atoms with Crippen molar-refractivity contribution in [2.75, 3.05) is 0 Å². The van der Waals surface area contributed by atoms with Gasteiger partial charge in [0, 0.05) is 5.56 Å². The summed E-state index contributed by atoms with van der Waals surface area (Å²) < 4.78 is 0.951. The minimum absolute atomic E-state index is 0.695. The number of aromatic amines is 1. The Morgan fingerprint density at radius 3 is 2.35 bits per heavy atom. The van der Waals surface area contributed by atoms with Crippen LogP contribution in [0.5, 0.6) is 0 Å². The number of halogens is 1. The molecule has 0 saturated carbocycles. The maximum Gasteiger partial charge on any atom is 0.110 e. The third-order valence-corrected chi connectivity index (χ3v) is 3.22. The zero-order chi connectivity index (χ0) is 12.4. The molecule has 17 heavy (non-hydrogen) atoms. The Morgan fingerprint density at radius 1 is 1.24 bits per heavy atom. The minimum Gasteiger partial charge on any atom is -0.336 e. The van der Waals surface area contributed by atoms with E-state index in [0.717, 1.165) is 28.1 Å². The summed E-state index contributed by atoms with van der Waals surface area (Å²) in [6.07, 6.45) is 1.13. The van der Waals surface area contributed by atoms with Gasteiger partial charge < -0.3 is 4.98 Å². The first-order valence-electron chi connectivity index (χ1n) is 5.87. The van der Waals surface area contributed by atoms with Gasteiger partial charge in [-0.25, -0.2) is 4.98 Å². The molecule has 0 amide bonds. The zero-order valence-electron chi connectivity index (χ0n) is 10.4. The highest BCUT2D eigenvalue weighted by atomic mass is 79.9. The molecule has 0 bridgehead atoms. The van der Waals surface area contributed by atoms with E-state index < -0.39 is 0 Å². The molecule has 0 atom stereocenters. The van der Waals surface area contributed by atoms with E-state index >= 15 is 0 Å². The van der Waals surface area contributed by atoms with Crippen molar-refractivity contribution in [1.29, 1.82) is 0 Å². The Kier molecular flexibility index (Phi) is 3.67. The Balaban J connectivity index is 2.26. The second-order valence-electron chi connectivity index (χ2n) is 4.78. The van der Waals surface area contributed by atoms with Gasteiger partial charge in [-0.15, -0.1) is 0 Å². The van der Waals surface area contributed by atoms with Gasteiger partial charge in [0.1, 0.15) is 16.1 Å². The second kappa shape index (κ2) is 5.05. The van der Waals surface area contributed by atoms with Crippen LogP contribution in [0.2, 0.25) is 0 Å². The average molecular weight is 293 g/mol. The molecule has 0 saturated heterocycles. The molecule has 0 spiro atoms. The molecular weight excluding hydrogens is 276 g/mol. The average Bonchev–Trinajstić information content (AvgIpc) is 2.58. The van der Waals surface area contributed by atoms with Crippen molar-refractivity contribution >= 4 is 15.9 Å². The molecule has 2 aromatic rings. The summed E-state index contributed by atoms with van der Waals surface area (Å²) in [4.78, 5) is 7.63. The Morgan fingerprint density at radius 2 is 1.88 bits per heavy atom. The van der Waals surface area contributed by atoms with Crippen LogP contribution in [0.1, 0.15) is 25.2 Å². The molecule has 2 rings (SSSR count). The quantitative estimate of drug-likeness (QED) is 0.895. The highest BCUT2D eigenvalue weighted by Gasteiger charge is 2.08. The van der Waals surface area contributed by atoms with Gasteiger partial charge in [-0.05, 0) is 40.8 Å². The van der Waals surface area contributed by atoms with Crippen LogP contribution in [0.15, 0.2) is 28.9 Å². The fourth-order valence-electron chi connectivity index (χ4n) is 1.92. The highest BCUT2D eigenvalue weighted by Crippen LogP contribution is 2.26. The van der Waals surface area contributed by atoms with E-state index in [1.54, 1.807) is 0 Å². The standard InChI is InChI=1S/C14H17BrN2/c1-9(2)8-11-4-6-12(7-5-11)13-14(15)17-10(3)16-13/h4-7,9H,8H2,1-3H3,(H,16,17). The number of aromatic nitrogens is 2. The first-order valence-corrected chi connectivity index (χ1v) is 6.67. The Bertz CT molecular complexity index is 497. The van der Waals surface area contributed by atoms with Gasteiger partial charge in [-0.1, -0.05) is 38.1 Å². The Labute approximate surface area is 111 Å². The first kappa shape index (κ1) is 12.4. The van der Waals surface area contributed by atoms with Crippen LogP contribution in [0.3, 0.4) is 0 Å². The summed E-state index contributed by atoms with van der Waals surface area (Å²) in [5.74, 6) is 1.62. The van der Waals surface area contributed by atoms with E-state index in [9.17, 15) is 0 Å². The van der Waals surface area contributed by atoms with Gasteiger partial charge >= 0.3 is 0 Å². The van der Waals surface area contributed by atoms with Gasteiger partial charge in [0.25, 0.3) is 0 Å². The molecule has 1 aromatic heterocycles. The first-order chi connectivity index (χ1) is 8.06. The van der Waals surface area contributed by atoms with Crippen LogP contribution >= 0.6 is 15.9 Å². The van der Waals surface area contributed by atoms with Gasteiger partial charge in [-0.2, -0.15) is 0 Å². The zero-order valence-corrected chi connectivity index (χ0v) is 12.0. The molecular formula is C14H17BrN2. The number of nitrogens with zero attached hydrogens (tertiary/aromatic N) is 1. The number of benzene rings is 1. The molecule has 1 heterocycles. The monoisotopic (exact) mass is 292 g/mol. The molecule has 0 aliphatic heterocycles. The lowest BCUT2D eigenvalue weighted by molar-refractivity contribution is 0.647. The van der Waals surface area contributed by atoms with Gasteiger partial charge in [0.15, 0.2) is 0 Å². The molecule has 0 aliphatic rings. The van der Waals surface area contributed by atoms with Crippen molar-refractivity contribution in [3.05, 3.63) is 40.3 Å². The number of H-pyrrole nitrogens is 1. The molecule has 0 unspecified atom stereocenters. The summed E-state index contributed by atoms with van der Waals surface area (Å²) in [5, 5.41) is 0. The van der Waals surface area contributed by atoms with Crippen molar-refractivity contribution in [3.8, 4) is 11.3 Å². The van der Waals surface area contributed by atoms with Crippen molar-refractivity contribution in [3.63, 3.8) is 0 Å². The third-order valence-electron chi connectivity index (χ3n) is 2.65. The molecule has 0 radical (unpaired) electrons. The van der Waals surface area contributed by atoms with Crippen molar-refractivity contribution in [1.82, 2.24) is 9.97 Å². The summed E-state index contributed by atoms with van der Waals surface area (Å²) in [7, 11) is 0. The second-order valence-corrected chi connectivity index (χ2v) is 5.57. The summed E-state index contributed by atoms with van der Waals surface area (Å²) in [6.45, 7) is 6.44. The largest absolute Gasteiger partial charge is 0.336 e. The van der Waals surface area contributed by atoms with Gasteiger partial charge in [0.2, 0.25) is 0 Å². The topological polar surface area (TPSA) is 28.7 Å². The smallest absolute Gasteiger partial charge is 0.110 e. The summed E-state index contributed by atoms with van der Waals surface area (Å²) >= 11 is 3.49. The van der Waals surface area contributed by atoms with Gasteiger partial charge in [-0.3, -0.25) is 0 Å². The molecule has 0 aliphatic carbocycles. The molecule has 90 valence electrons. The molecule has 1 N–H and O–H groups in total. The van der Waals surface area contributed by atoms with Crippen LogP contribution in [0.4, 0.5) is 0 Å². The van der Waals surface area contributed by atoms with E-state index in [-0.39, 0.29) is 0 Å². The molecule has 3 heteroatoms. The van der Waals surface area contributed by atoms with E-state index in [2.05, 4.69) is 64.0 Å². The Hall–Kier alpha value is -1.09. The lowest BCUT2D eigenvalue weighted by Crippen LogP contribution is -1.93. The summed E-state index contributed by atoms with van der Waals surface area (Å²) in [6, 6.07) is 8.65. The van der Waals surface area contributed by atoms with E-state index in [1.807, 2.05) is 6.92 Å². The molecule has 2 nitrogen and oxygen atoms in total. The normalized spacial score (nSPS) is 11.1. The predicted molar refractivity (Wildman–Crippen MR) is 75.0 cm³/mol. The number of hydrogen-bond donors (Lipinski definition) is 1. The lowest BCUT2D eigenvalue weighted by atomic mass is 10.0. The van der Waals surface area contributed by atoms with Crippen molar-refractivity contribution in [2.24, 2.45) is 5.92 Å². The van der Waals surface area contributed by atoms with E-state index in [4.69, 9.17) is 0 Å². The number of hydrogen-bond acceptors (Lipinski definition) is 1. The lowest BCUT2D eigenvalue weighted by Gasteiger charge is -2.05. The maximum atomic E-state index is 4.47. The van der Waals surface area contributed by atoms with Crippen LogP contribution < -0.4 is 0 Å². The SMILES string of the molecule is Cc1nc(-c2ccc(CC(C)C)cc2)c(Br)[nH]1. The van der Waals surface area contributed by atoms with Crippen LogP contribution in [0, 0.1) is 12.8 Å². The van der Waals surface area contributed by atoms with E-state index in [0.29, 0.717) is 5.92 Å². The third kappa shape index (κ3) is 2.97. The van der Waals surface area contributed by atoms with Crippen LogP contribution in [-0.2, 0) is 6.42 Å². The van der Waals surface area contributed by atoms with Crippen LogP contribution in [-0.4, -0.2) is 9.97 Å². The minimum atomic E-state index is 0.695. The number of imidazole rings is 1. The fourth-order valence-corrected chi connectivity index (χ4v) is 2.53. The number of aryl methyl sites for hydroxylation is 1. The van der Waals surface area contributed by atoms with Gasteiger partial charge in [0.05, 0.1) is 0 Å². The van der Waals surface area contributed by atoms with Crippen molar-refractivity contribution in [2.45, 2.75) is 27.2 Å². The molecule has 1 aromatic carbocycles. The van der Waals surface area contributed by atoms with E-state index in [1.165, 1.54) is 5.56 Å². The van der Waals surface area contributed by atoms with Crippen molar-refractivity contribution < 1.29 is 0 Å². The molecule has 0 fully saturated rings. The van der Waals surface area contributed by atoms with Crippen LogP contribution in [0.25, 0.3) is 11.3 Å². The highest BCUT2D eigenvalue weighted by molar-refractivity contribution is 9.10. The fraction of sp³-hybridized carbons (Fsp3) is 0.357.